The highest BCUT2D eigenvalue weighted by Crippen LogP contribution is 1.85. The van der Waals surface area contributed by atoms with Crippen molar-refractivity contribution in [2.45, 2.75) is 6.04 Å². The van der Waals surface area contributed by atoms with Crippen molar-refractivity contribution in [3.63, 3.8) is 0 Å². The Morgan fingerprint density at radius 1 is 1.78 bits per heavy atom. The van der Waals surface area contributed by atoms with E-state index in [1.165, 1.54) is 0 Å². The molecule has 1 fully saturated rings. The molecule has 3 heteroatoms. The zero-order chi connectivity index (χ0) is 9.03. The molecule has 0 saturated carbocycles. The molecule has 2 N–H and O–H groups in total. The van der Waals surface area contributed by atoms with E-state index in [9.17, 15) is 0 Å². The summed E-state index contributed by atoms with van der Waals surface area (Å²) in [5, 5.41) is 6.30. The van der Waals surface area contributed by atoms with Crippen LogP contribution in [-0.4, -0.2) is 39.3 Å². The third-order valence-electron chi connectivity index (χ3n) is 1.41. The summed E-state index contributed by atoms with van der Waals surface area (Å²) in [6.07, 6.45) is 0. The van der Waals surface area contributed by atoms with Crippen LogP contribution in [0.1, 0.15) is 4.11 Å². The van der Waals surface area contributed by atoms with Gasteiger partial charge in [0.2, 0.25) is 0 Å². The number of piperazine rings is 1. The summed E-state index contributed by atoms with van der Waals surface area (Å²) in [5.74, 6) is 0. The van der Waals surface area contributed by atoms with Crippen LogP contribution in [0.25, 0.3) is 0 Å². The number of hydrogen-bond acceptors (Lipinski definition) is 3. The van der Waals surface area contributed by atoms with Crippen molar-refractivity contribution < 1.29 is 8.85 Å². The molecule has 0 bridgehead atoms. The molecule has 0 aliphatic carbocycles. The van der Waals surface area contributed by atoms with Crippen molar-refractivity contribution in [2.75, 3.05) is 33.3 Å². The van der Waals surface area contributed by atoms with Gasteiger partial charge in [-0.25, -0.2) is 0 Å². The van der Waals surface area contributed by atoms with Crippen LogP contribution in [0.15, 0.2) is 0 Å². The molecule has 1 aliphatic rings. The number of nitrogens with one attached hydrogen (secondary N) is 2. The third-order valence-corrected chi connectivity index (χ3v) is 1.41. The van der Waals surface area contributed by atoms with Crippen LogP contribution in [0.3, 0.4) is 0 Å². The Kier molecular flexibility index (Phi) is 1.66. The minimum Gasteiger partial charge on any atom is -0.383 e. The minimum atomic E-state index is -2.26. The van der Waals surface area contributed by atoms with Crippen LogP contribution in [0.4, 0.5) is 0 Å². The van der Waals surface area contributed by atoms with Crippen molar-refractivity contribution in [1.29, 1.82) is 0 Å². The van der Waals surface area contributed by atoms with E-state index in [2.05, 4.69) is 15.4 Å². The van der Waals surface area contributed by atoms with Gasteiger partial charge in [0.1, 0.15) is 0 Å². The predicted molar refractivity (Wildman–Crippen MR) is 36.5 cm³/mol. The molecule has 1 saturated heterocycles. The standard InChI is InChI=1S/C6H14N2O/c1-9-5-6-4-7-2-3-8-6/h6-8H,2-5H2,1H3/i1D3. The fraction of sp³-hybridized carbons (Fsp3) is 1.00. The number of ether oxygens (including phenoxy) is 1. The zero-order valence-corrected chi connectivity index (χ0v) is 5.31. The second-order valence-corrected chi connectivity index (χ2v) is 2.17. The Balaban J connectivity index is 2.13. The first-order chi connectivity index (χ1) is 5.58. The van der Waals surface area contributed by atoms with Crippen LogP contribution in [-0.2, 0) is 4.74 Å². The van der Waals surface area contributed by atoms with Gasteiger partial charge >= 0.3 is 0 Å². The summed E-state index contributed by atoms with van der Waals surface area (Å²) in [6.45, 7) is 2.82. The molecule has 0 spiro atoms. The van der Waals surface area contributed by atoms with Crippen molar-refractivity contribution in [2.24, 2.45) is 0 Å². The van der Waals surface area contributed by atoms with E-state index in [4.69, 9.17) is 4.11 Å². The normalized spacial score (nSPS) is 34.7. The molecule has 1 heterocycles. The maximum Gasteiger partial charge on any atom is 0.0628 e. The molecule has 1 rings (SSSR count). The van der Waals surface area contributed by atoms with Crippen molar-refractivity contribution in [3.8, 4) is 0 Å². The van der Waals surface area contributed by atoms with E-state index in [0.717, 1.165) is 19.6 Å². The lowest BCUT2D eigenvalue weighted by Crippen LogP contribution is -2.50. The molecular weight excluding hydrogens is 116 g/mol. The molecule has 0 aromatic rings. The van der Waals surface area contributed by atoms with Crippen LogP contribution in [0.5, 0.6) is 0 Å². The highest BCUT2D eigenvalue weighted by molar-refractivity contribution is 4.74. The summed E-state index contributed by atoms with van der Waals surface area (Å²) < 4.78 is 25.1. The van der Waals surface area contributed by atoms with Gasteiger partial charge in [-0.05, 0) is 0 Å². The maximum absolute atomic E-state index is 6.81. The number of hydrogen-bond donors (Lipinski definition) is 2. The smallest absolute Gasteiger partial charge is 0.0628 e. The van der Waals surface area contributed by atoms with Gasteiger partial charge in [-0.1, -0.05) is 0 Å². The summed E-state index contributed by atoms with van der Waals surface area (Å²) in [4.78, 5) is 0. The predicted octanol–water partition coefficient (Wildman–Crippen LogP) is -0.806. The monoisotopic (exact) mass is 133 g/mol. The Morgan fingerprint density at radius 3 is 3.44 bits per heavy atom. The highest BCUT2D eigenvalue weighted by atomic mass is 16.5. The van der Waals surface area contributed by atoms with Crippen LogP contribution >= 0.6 is 0 Å². The molecule has 0 amide bonds. The number of rotatable bonds is 2. The molecule has 0 aromatic heterocycles. The summed E-state index contributed by atoms with van der Waals surface area (Å²) in [5.41, 5.74) is 0. The second-order valence-electron chi connectivity index (χ2n) is 2.17. The van der Waals surface area contributed by atoms with Crippen LogP contribution < -0.4 is 10.6 Å². The molecule has 9 heavy (non-hydrogen) atoms. The van der Waals surface area contributed by atoms with Gasteiger partial charge in [-0.15, -0.1) is 0 Å². The third kappa shape index (κ3) is 2.30. The molecule has 1 aliphatic heterocycles. The fourth-order valence-corrected chi connectivity index (χ4v) is 0.932. The largest absolute Gasteiger partial charge is 0.383 e. The first kappa shape index (κ1) is 3.91. The number of methoxy groups -OCH3 is 1. The average molecular weight is 133 g/mol. The Bertz CT molecular complexity index is 133. The lowest BCUT2D eigenvalue weighted by atomic mass is 10.2. The van der Waals surface area contributed by atoms with E-state index < -0.39 is 7.04 Å². The molecule has 1 atom stereocenters. The van der Waals surface area contributed by atoms with Gasteiger partial charge < -0.3 is 15.4 Å². The van der Waals surface area contributed by atoms with E-state index in [0.29, 0.717) is 0 Å². The molecule has 0 radical (unpaired) electrons. The van der Waals surface area contributed by atoms with E-state index in [1.54, 1.807) is 0 Å². The first-order valence-electron chi connectivity index (χ1n) is 4.66. The van der Waals surface area contributed by atoms with Gasteiger partial charge in [-0.2, -0.15) is 0 Å². The quantitative estimate of drug-likeness (QED) is 0.517. The first-order valence-corrected chi connectivity index (χ1v) is 3.16. The van der Waals surface area contributed by atoms with E-state index >= 15 is 0 Å². The Labute approximate surface area is 60.0 Å². The lowest BCUT2D eigenvalue weighted by Gasteiger charge is -2.23. The van der Waals surface area contributed by atoms with Crippen LogP contribution in [0.2, 0.25) is 0 Å². The maximum atomic E-state index is 6.81. The van der Waals surface area contributed by atoms with Gasteiger partial charge in [0.05, 0.1) is 10.7 Å². The average Bonchev–Trinajstić information content (AvgIpc) is 2.02. The van der Waals surface area contributed by atoms with E-state index in [1.807, 2.05) is 0 Å². The van der Waals surface area contributed by atoms with Gasteiger partial charge in [-0.3, -0.25) is 0 Å². The Morgan fingerprint density at radius 2 is 2.78 bits per heavy atom. The summed E-state index contributed by atoms with van der Waals surface area (Å²) in [6, 6.07) is 0.124. The molecule has 3 nitrogen and oxygen atoms in total. The van der Waals surface area contributed by atoms with Crippen LogP contribution in [0, 0.1) is 0 Å². The van der Waals surface area contributed by atoms with Crippen molar-refractivity contribution in [3.05, 3.63) is 0 Å². The highest BCUT2D eigenvalue weighted by Gasteiger charge is 2.09. The minimum absolute atomic E-state index is 0.124. The van der Waals surface area contributed by atoms with Crippen molar-refractivity contribution >= 4 is 0 Å². The summed E-state index contributed by atoms with van der Waals surface area (Å²) in [7, 11) is -2.26. The molecular formula is C6H14N2O. The van der Waals surface area contributed by atoms with Gasteiger partial charge in [0.25, 0.3) is 0 Å². The topological polar surface area (TPSA) is 33.3 Å². The molecule has 0 aromatic carbocycles. The second kappa shape index (κ2) is 3.82. The zero-order valence-electron chi connectivity index (χ0n) is 8.31. The SMILES string of the molecule is [2H]C([2H])([2H])OCC1CNCCN1. The van der Waals surface area contributed by atoms with Crippen molar-refractivity contribution in [1.82, 2.24) is 10.6 Å². The lowest BCUT2D eigenvalue weighted by molar-refractivity contribution is 0.159. The fourth-order valence-electron chi connectivity index (χ4n) is 0.932. The molecule has 1 unspecified atom stereocenters. The molecule has 54 valence electrons. The van der Waals surface area contributed by atoms with Gasteiger partial charge in [0, 0.05) is 32.7 Å². The van der Waals surface area contributed by atoms with E-state index in [-0.39, 0.29) is 12.6 Å². The van der Waals surface area contributed by atoms with Gasteiger partial charge in [0.15, 0.2) is 0 Å². The Hall–Kier alpha value is -0.120. The summed E-state index contributed by atoms with van der Waals surface area (Å²) >= 11 is 0.